The van der Waals surface area contributed by atoms with Crippen LogP contribution in [-0.4, -0.2) is 0 Å². The Balaban J connectivity index is 2.04. The highest BCUT2D eigenvalue weighted by Gasteiger charge is 2.08. The summed E-state index contributed by atoms with van der Waals surface area (Å²) in [5.41, 5.74) is 1.38. The molecule has 5 rings (SSSR count). The molecule has 5 aromatic rings. The molecule has 0 saturated carbocycles. The molecule has 0 unspecified atom stereocenters. The fourth-order valence-electron chi connectivity index (χ4n) is 3.83. The lowest BCUT2D eigenvalue weighted by Crippen LogP contribution is -1.86. The minimum atomic E-state index is 1.31. The monoisotopic (exact) mass is 292 g/mol. The summed E-state index contributed by atoms with van der Waals surface area (Å²) < 4.78 is 0. The zero-order chi connectivity index (χ0) is 15.4. The summed E-state index contributed by atoms with van der Waals surface area (Å²) in [4.78, 5) is 0. The van der Waals surface area contributed by atoms with Gasteiger partial charge in [-0.3, -0.25) is 0 Å². The molecule has 0 aliphatic carbocycles. The minimum Gasteiger partial charge on any atom is -0.0616 e. The van der Waals surface area contributed by atoms with Gasteiger partial charge in [-0.1, -0.05) is 60.7 Å². The van der Waals surface area contributed by atoms with E-state index in [1.165, 1.54) is 48.7 Å². The third kappa shape index (κ3) is 1.78. The molecule has 23 heavy (non-hydrogen) atoms. The fraction of sp³-hybridized carbons (Fsp3) is 0.0435. The molecule has 108 valence electrons. The summed E-state index contributed by atoms with van der Waals surface area (Å²) in [5.74, 6) is 0. The quantitative estimate of drug-likeness (QED) is 0.222. The Morgan fingerprint density at radius 2 is 1.09 bits per heavy atom. The van der Waals surface area contributed by atoms with E-state index in [0.29, 0.717) is 0 Å². The van der Waals surface area contributed by atoms with Crippen LogP contribution in [0.2, 0.25) is 0 Å². The zero-order valence-corrected chi connectivity index (χ0v) is 13.0. The molecule has 0 heterocycles. The van der Waals surface area contributed by atoms with Crippen molar-refractivity contribution in [3.05, 3.63) is 84.4 Å². The number of hydrogen-bond acceptors (Lipinski definition) is 0. The summed E-state index contributed by atoms with van der Waals surface area (Å²) in [5, 5.41) is 10.6. The van der Waals surface area contributed by atoms with Gasteiger partial charge in [0.1, 0.15) is 0 Å². The standard InChI is InChI=1S/C23H16/c1-15-22-14-18-8-3-2-7-17(18)12-20(22)13-19-11-10-16-6-4-5-9-21(16)23(15)19/h2-14H,1H3. The molecule has 0 aromatic heterocycles. The Labute approximate surface area is 135 Å². The molecule has 0 bridgehead atoms. The smallest absolute Gasteiger partial charge is 0.00697 e. The molecule has 0 fully saturated rings. The number of aryl methyl sites for hydroxylation is 1. The maximum absolute atomic E-state index is 2.33. The van der Waals surface area contributed by atoms with Gasteiger partial charge in [0, 0.05) is 0 Å². The van der Waals surface area contributed by atoms with Crippen LogP contribution in [0.15, 0.2) is 78.9 Å². The molecular weight excluding hydrogens is 276 g/mol. The Hall–Kier alpha value is -2.86. The molecule has 0 aliphatic rings. The van der Waals surface area contributed by atoms with Gasteiger partial charge in [0.25, 0.3) is 0 Å². The summed E-state index contributed by atoms with van der Waals surface area (Å²) >= 11 is 0. The van der Waals surface area contributed by atoms with E-state index in [1.807, 2.05) is 0 Å². The van der Waals surface area contributed by atoms with Gasteiger partial charge in [-0.2, -0.15) is 0 Å². The van der Waals surface area contributed by atoms with Crippen LogP contribution in [-0.2, 0) is 0 Å². The highest BCUT2D eigenvalue weighted by molar-refractivity contribution is 6.16. The molecule has 0 atom stereocenters. The Kier molecular flexibility index (Phi) is 2.51. The lowest BCUT2D eigenvalue weighted by atomic mass is 9.92. The first kappa shape index (κ1) is 12.7. The molecule has 0 nitrogen and oxygen atoms in total. The molecule has 0 spiro atoms. The molecule has 5 aromatic carbocycles. The van der Waals surface area contributed by atoms with E-state index in [4.69, 9.17) is 0 Å². The first-order chi connectivity index (χ1) is 11.3. The van der Waals surface area contributed by atoms with Crippen molar-refractivity contribution in [2.75, 3.05) is 0 Å². The third-order valence-corrected chi connectivity index (χ3v) is 4.97. The SMILES string of the molecule is Cc1c2cc3ccccc3cc2cc2ccc3ccccc3c12. The predicted molar refractivity (Wildman–Crippen MR) is 101 cm³/mol. The summed E-state index contributed by atoms with van der Waals surface area (Å²) in [6.45, 7) is 2.26. The maximum atomic E-state index is 2.33. The summed E-state index contributed by atoms with van der Waals surface area (Å²) in [6, 6.07) is 28.7. The van der Waals surface area contributed by atoms with Crippen molar-refractivity contribution in [1.29, 1.82) is 0 Å². The third-order valence-electron chi connectivity index (χ3n) is 4.97. The highest BCUT2D eigenvalue weighted by Crippen LogP contribution is 2.35. The van der Waals surface area contributed by atoms with E-state index in [0.717, 1.165) is 0 Å². The van der Waals surface area contributed by atoms with Crippen LogP contribution in [0.1, 0.15) is 5.56 Å². The molecular formula is C23H16. The van der Waals surface area contributed by atoms with E-state index >= 15 is 0 Å². The van der Waals surface area contributed by atoms with Crippen LogP contribution in [0.3, 0.4) is 0 Å². The van der Waals surface area contributed by atoms with Crippen molar-refractivity contribution >= 4 is 43.1 Å². The maximum Gasteiger partial charge on any atom is -0.00697 e. The molecule has 0 radical (unpaired) electrons. The highest BCUT2D eigenvalue weighted by atomic mass is 14.1. The van der Waals surface area contributed by atoms with Gasteiger partial charge in [-0.15, -0.1) is 0 Å². The van der Waals surface area contributed by atoms with Gasteiger partial charge in [-0.05, 0) is 73.8 Å². The second kappa shape index (κ2) is 4.57. The van der Waals surface area contributed by atoms with Gasteiger partial charge in [-0.25, -0.2) is 0 Å². The molecule has 0 aliphatic heterocycles. The molecule has 0 heteroatoms. The zero-order valence-electron chi connectivity index (χ0n) is 13.0. The van der Waals surface area contributed by atoms with Crippen LogP contribution in [0, 0.1) is 6.92 Å². The fourth-order valence-corrected chi connectivity index (χ4v) is 3.83. The number of fused-ring (bicyclic) bond motifs is 5. The van der Waals surface area contributed by atoms with Gasteiger partial charge in [0.05, 0.1) is 0 Å². The van der Waals surface area contributed by atoms with E-state index in [1.54, 1.807) is 0 Å². The Morgan fingerprint density at radius 3 is 1.91 bits per heavy atom. The van der Waals surface area contributed by atoms with Crippen molar-refractivity contribution in [2.24, 2.45) is 0 Å². The second-order valence-corrected chi connectivity index (χ2v) is 6.31. The minimum absolute atomic E-state index is 1.31. The summed E-state index contributed by atoms with van der Waals surface area (Å²) in [7, 11) is 0. The van der Waals surface area contributed by atoms with E-state index < -0.39 is 0 Å². The van der Waals surface area contributed by atoms with Crippen LogP contribution in [0.5, 0.6) is 0 Å². The van der Waals surface area contributed by atoms with Crippen LogP contribution >= 0.6 is 0 Å². The van der Waals surface area contributed by atoms with Gasteiger partial charge >= 0.3 is 0 Å². The van der Waals surface area contributed by atoms with Crippen molar-refractivity contribution in [3.63, 3.8) is 0 Å². The summed E-state index contributed by atoms with van der Waals surface area (Å²) in [6.07, 6.45) is 0. The molecule has 0 saturated heterocycles. The first-order valence-corrected chi connectivity index (χ1v) is 8.05. The number of hydrogen-bond donors (Lipinski definition) is 0. The van der Waals surface area contributed by atoms with Crippen LogP contribution in [0.25, 0.3) is 43.1 Å². The number of benzene rings is 5. The van der Waals surface area contributed by atoms with Gasteiger partial charge in [0.2, 0.25) is 0 Å². The topological polar surface area (TPSA) is 0 Å². The molecule has 0 amide bonds. The average molecular weight is 292 g/mol. The van der Waals surface area contributed by atoms with E-state index in [2.05, 4.69) is 85.8 Å². The van der Waals surface area contributed by atoms with E-state index in [9.17, 15) is 0 Å². The Morgan fingerprint density at radius 1 is 0.478 bits per heavy atom. The van der Waals surface area contributed by atoms with Crippen molar-refractivity contribution in [1.82, 2.24) is 0 Å². The Bertz CT molecular complexity index is 1210. The first-order valence-electron chi connectivity index (χ1n) is 8.05. The van der Waals surface area contributed by atoms with Crippen molar-refractivity contribution < 1.29 is 0 Å². The second-order valence-electron chi connectivity index (χ2n) is 6.31. The van der Waals surface area contributed by atoms with Gasteiger partial charge < -0.3 is 0 Å². The van der Waals surface area contributed by atoms with Gasteiger partial charge in [0.15, 0.2) is 0 Å². The van der Waals surface area contributed by atoms with Crippen LogP contribution < -0.4 is 0 Å². The predicted octanol–water partition coefficient (Wildman–Crippen LogP) is 6.61. The largest absolute Gasteiger partial charge is 0.0616 e. The van der Waals surface area contributed by atoms with Crippen molar-refractivity contribution in [2.45, 2.75) is 6.92 Å². The molecule has 0 N–H and O–H groups in total. The van der Waals surface area contributed by atoms with E-state index in [-0.39, 0.29) is 0 Å². The number of rotatable bonds is 0. The average Bonchev–Trinajstić information content (AvgIpc) is 2.60. The van der Waals surface area contributed by atoms with Crippen molar-refractivity contribution in [3.8, 4) is 0 Å². The van der Waals surface area contributed by atoms with Crippen LogP contribution in [0.4, 0.5) is 0 Å². The lowest BCUT2D eigenvalue weighted by molar-refractivity contribution is 1.60. The lowest BCUT2D eigenvalue weighted by Gasteiger charge is -2.12. The normalized spacial score (nSPS) is 11.7.